The summed E-state index contributed by atoms with van der Waals surface area (Å²) in [5.74, 6) is -0.460. The van der Waals surface area contributed by atoms with Crippen LogP contribution in [0.3, 0.4) is 0 Å². The molecule has 1 amide bonds. The molecule has 4 heteroatoms. The van der Waals surface area contributed by atoms with Gasteiger partial charge in [-0.1, -0.05) is 6.58 Å². The first kappa shape index (κ1) is 9.84. The first-order chi connectivity index (χ1) is 5.16. The number of rotatable bonds is 6. The third-order valence-corrected chi connectivity index (χ3v) is 1.08. The standard InChI is InChI=1S/C7H12N2O2/c1-2-6(10)5-9-4-3-7(8)11/h2,9H,1,3-5H2,(H2,8,11). The Morgan fingerprint density at radius 2 is 2.18 bits per heavy atom. The molecule has 0 aliphatic rings. The zero-order valence-corrected chi connectivity index (χ0v) is 6.30. The number of nitrogens with one attached hydrogen (secondary N) is 1. The summed E-state index contributed by atoms with van der Waals surface area (Å²) in [5, 5.41) is 2.75. The lowest BCUT2D eigenvalue weighted by molar-refractivity contribution is -0.118. The van der Waals surface area contributed by atoms with Crippen LogP contribution in [0.4, 0.5) is 0 Å². The minimum absolute atomic E-state index is 0.0885. The van der Waals surface area contributed by atoms with Crippen molar-refractivity contribution in [3.8, 4) is 0 Å². The van der Waals surface area contributed by atoms with Crippen molar-refractivity contribution in [1.29, 1.82) is 0 Å². The summed E-state index contributed by atoms with van der Waals surface area (Å²) in [6, 6.07) is 0. The highest BCUT2D eigenvalue weighted by Gasteiger charge is 1.95. The van der Waals surface area contributed by atoms with Crippen molar-refractivity contribution >= 4 is 11.7 Å². The molecule has 0 aromatic heterocycles. The Balaban J connectivity index is 3.21. The van der Waals surface area contributed by atoms with Crippen molar-refractivity contribution in [3.05, 3.63) is 12.7 Å². The van der Waals surface area contributed by atoms with Crippen LogP contribution >= 0.6 is 0 Å². The van der Waals surface area contributed by atoms with Crippen molar-refractivity contribution in [2.45, 2.75) is 6.42 Å². The van der Waals surface area contributed by atoms with Gasteiger partial charge in [-0.2, -0.15) is 0 Å². The van der Waals surface area contributed by atoms with Crippen molar-refractivity contribution in [2.75, 3.05) is 13.1 Å². The summed E-state index contributed by atoms with van der Waals surface area (Å²) < 4.78 is 0. The molecule has 0 saturated carbocycles. The fraction of sp³-hybridized carbons (Fsp3) is 0.429. The van der Waals surface area contributed by atoms with Gasteiger partial charge in [0.1, 0.15) is 0 Å². The zero-order chi connectivity index (χ0) is 8.69. The summed E-state index contributed by atoms with van der Waals surface area (Å²) in [4.78, 5) is 20.8. The van der Waals surface area contributed by atoms with E-state index in [1.165, 1.54) is 6.08 Å². The van der Waals surface area contributed by atoms with Crippen LogP contribution < -0.4 is 11.1 Å². The van der Waals surface area contributed by atoms with Crippen molar-refractivity contribution in [1.82, 2.24) is 5.32 Å². The van der Waals surface area contributed by atoms with E-state index in [9.17, 15) is 9.59 Å². The largest absolute Gasteiger partial charge is 0.370 e. The van der Waals surface area contributed by atoms with Gasteiger partial charge in [-0.25, -0.2) is 0 Å². The van der Waals surface area contributed by atoms with E-state index in [-0.39, 0.29) is 24.7 Å². The average Bonchev–Trinajstić information content (AvgIpc) is 1.97. The van der Waals surface area contributed by atoms with E-state index in [1.807, 2.05) is 0 Å². The SMILES string of the molecule is C=CC(=O)CNCCC(N)=O. The number of hydrogen-bond donors (Lipinski definition) is 2. The van der Waals surface area contributed by atoms with Gasteiger partial charge >= 0.3 is 0 Å². The normalized spacial score (nSPS) is 9.09. The third kappa shape index (κ3) is 6.73. The minimum atomic E-state index is -0.372. The molecule has 0 heterocycles. The highest BCUT2D eigenvalue weighted by atomic mass is 16.1. The maximum Gasteiger partial charge on any atom is 0.218 e. The number of amides is 1. The van der Waals surface area contributed by atoms with E-state index in [1.54, 1.807) is 0 Å². The van der Waals surface area contributed by atoms with E-state index >= 15 is 0 Å². The van der Waals surface area contributed by atoms with E-state index < -0.39 is 0 Å². The predicted octanol–water partition coefficient (Wildman–Crippen LogP) is -0.793. The van der Waals surface area contributed by atoms with Crippen LogP contribution in [-0.4, -0.2) is 24.8 Å². The predicted molar refractivity (Wildman–Crippen MR) is 41.9 cm³/mol. The number of ketones is 1. The Labute approximate surface area is 65.5 Å². The van der Waals surface area contributed by atoms with Crippen molar-refractivity contribution in [2.24, 2.45) is 5.73 Å². The Bertz CT molecular complexity index is 166. The van der Waals surface area contributed by atoms with Gasteiger partial charge in [-0.15, -0.1) is 0 Å². The average molecular weight is 156 g/mol. The van der Waals surface area contributed by atoms with Gasteiger partial charge in [0.15, 0.2) is 5.78 Å². The number of nitrogens with two attached hydrogens (primary N) is 1. The molecule has 0 unspecified atom stereocenters. The summed E-state index contributed by atoms with van der Waals surface area (Å²) in [6.07, 6.45) is 1.49. The highest BCUT2D eigenvalue weighted by molar-refractivity contribution is 5.90. The summed E-state index contributed by atoms with van der Waals surface area (Å²) >= 11 is 0. The number of primary amides is 1. The number of carbonyl (C=O) groups excluding carboxylic acids is 2. The summed E-state index contributed by atoms with van der Waals surface area (Å²) in [7, 11) is 0. The second-order valence-electron chi connectivity index (χ2n) is 2.06. The zero-order valence-electron chi connectivity index (χ0n) is 6.30. The van der Waals surface area contributed by atoms with Crippen LogP contribution in [0.5, 0.6) is 0 Å². The number of hydrogen-bond acceptors (Lipinski definition) is 3. The second-order valence-corrected chi connectivity index (χ2v) is 2.06. The molecule has 0 bridgehead atoms. The fourth-order valence-electron chi connectivity index (χ4n) is 0.495. The molecule has 0 atom stereocenters. The molecule has 0 spiro atoms. The lowest BCUT2D eigenvalue weighted by Gasteiger charge is -1.97. The second kappa shape index (κ2) is 5.61. The smallest absolute Gasteiger partial charge is 0.218 e. The van der Waals surface area contributed by atoms with E-state index in [0.29, 0.717) is 6.54 Å². The Morgan fingerprint density at radius 1 is 1.55 bits per heavy atom. The molecule has 0 radical (unpaired) electrons. The van der Waals surface area contributed by atoms with E-state index in [4.69, 9.17) is 5.73 Å². The van der Waals surface area contributed by atoms with E-state index in [0.717, 1.165) is 0 Å². The van der Waals surface area contributed by atoms with Gasteiger partial charge in [0, 0.05) is 13.0 Å². The summed E-state index contributed by atoms with van der Waals surface area (Å²) in [5.41, 5.74) is 4.86. The molecule has 0 aromatic carbocycles. The molecule has 62 valence electrons. The Morgan fingerprint density at radius 3 is 2.64 bits per heavy atom. The summed E-state index contributed by atoms with van der Waals surface area (Å²) in [6.45, 7) is 3.95. The fourth-order valence-corrected chi connectivity index (χ4v) is 0.495. The van der Waals surface area contributed by atoms with Crippen LogP contribution in [0.2, 0.25) is 0 Å². The van der Waals surface area contributed by atoms with Gasteiger partial charge in [0.2, 0.25) is 5.91 Å². The number of carbonyl (C=O) groups is 2. The van der Waals surface area contributed by atoms with E-state index in [2.05, 4.69) is 11.9 Å². The first-order valence-electron chi connectivity index (χ1n) is 3.31. The lowest BCUT2D eigenvalue weighted by atomic mass is 10.3. The van der Waals surface area contributed by atoms with Gasteiger partial charge < -0.3 is 11.1 Å². The van der Waals surface area contributed by atoms with Crippen molar-refractivity contribution in [3.63, 3.8) is 0 Å². The van der Waals surface area contributed by atoms with Crippen molar-refractivity contribution < 1.29 is 9.59 Å². The molecule has 0 fully saturated rings. The van der Waals surface area contributed by atoms with Gasteiger partial charge in [0.05, 0.1) is 6.54 Å². The molecule has 4 nitrogen and oxygen atoms in total. The maximum absolute atomic E-state index is 10.6. The minimum Gasteiger partial charge on any atom is -0.370 e. The molecule has 0 aliphatic heterocycles. The van der Waals surface area contributed by atoms with Crippen LogP contribution in [-0.2, 0) is 9.59 Å². The van der Waals surface area contributed by atoms with Crippen LogP contribution in [0, 0.1) is 0 Å². The Hall–Kier alpha value is -1.16. The molecule has 0 rings (SSSR count). The van der Waals surface area contributed by atoms with Gasteiger partial charge in [-0.05, 0) is 6.08 Å². The molecule has 0 aromatic rings. The van der Waals surface area contributed by atoms with Gasteiger partial charge in [-0.3, -0.25) is 9.59 Å². The monoisotopic (exact) mass is 156 g/mol. The molecule has 0 saturated heterocycles. The Kier molecular flexibility index (Phi) is 5.02. The molecular weight excluding hydrogens is 144 g/mol. The molecule has 3 N–H and O–H groups in total. The highest BCUT2D eigenvalue weighted by Crippen LogP contribution is 1.74. The first-order valence-corrected chi connectivity index (χ1v) is 3.31. The van der Waals surface area contributed by atoms with Crippen LogP contribution in [0.25, 0.3) is 0 Å². The quantitative estimate of drug-likeness (QED) is 0.391. The lowest BCUT2D eigenvalue weighted by Crippen LogP contribution is -2.26. The molecular formula is C7H12N2O2. The van der Waals surface area contributed by atoms with Crippen LogP contribution in [0.15, 0.2) is 12.7 Å². The third-order valence-electron chi connectivity index (χ3n) is 1.08. The maximum atomic E-state index is 10.6. The molecule has 11 heavy (non-hydrogen) atoms. The van der Waals surface area contributed by atoms with Crippen LogP contribution in [0.1, 0.15) is 6.42 Å². The molecule has 0 aliphatic carbocycles. The van der Waals surface area contributed by atoms with Gasteiger partial charge in [0.25, 0.3) is 0 Å². The topological polar surface area (TPSA) is 72.2 Å².